The van der Waals surface area contributed by atoms with Crippen LogP contribution in [0.15, 0.2) is 34.9 Å². The highest BCUT2D eigenvalue weighted by molar-refractivity contribution is 5.93. The van der Waals surface area contributed by atoms with Crippen LogP contribution in [0.4, 0.5) is 0 Å². The molecule has 126 valence electrons. The molecule has 1 fully saturated rings. The molecular weight excluding hydrogens is 298 g/mol. The van der Waals surface area contributed by atoms with E-state index in [9.17, 15) is 15.2 Å². The van der Waals surface area contributed by atoms with Crippen LogP contribution in [0.3, 0.4) is 0 Å². The van der Waals surface area contributed by atoms with Crippen molar-refractivity contribution in [3.63, 3.8) is 0 Å². The molecule has 0 unspecified atom stereocenters. The summed E-state index contributed by atoms with van der Waals surface area (Å²) in [7, 11) is 0. The van der Waals surface area contributed by atoms with Crippen LogP contribution in [0.5, 0.6) is 0 Å². The first-order valence-corrected chi connectivity index (χ1v) is 9.03. The monoisotopic (exact) mass is 323 g/mol. The number of ketones is 1. The predicted molar refractivity (Wildman–Crippen MR) is 91.8 cm³/mol. The second-order valence-electron chi connectivity index (χ2n) is 8.63. The third kappa shape index (κ3) is 1.73. The Kier molecular flexibility index (Phi) is 3.10. The van der Waals surface area contributed by atoms with E-state index in [1.165, 1.54) is 16.7 Å². The lowest BCUT2D eigenvalue weighted by Gasteiger charge is -2.52. The zero-order chi connectivity index (χ0) is 17.3. The summed E-state index contributed by atoms with van der Waals surface area (Å²) in [5.41, 5.74) is 2.13. The number of carbonyl (C=O) groups is 1. The van der Waals surface area contributed by atoms with Gasteiger partial charge in [-0.15, -0.1) is 0 Å². The molecule has 4 rings (SSSR count). The van der Waals surface area contributed by atoms with Gasteiger partial charge in [-0.05, 0) is 50.2 Å². The van der Waals surface area contributed by atoms with Gasteiger partial charge in [0.25, 0.3) is 0 Å². The Morgan fingerprint density at radius 1 is 1.33 bits per heavy atom. The first kappa shape index (κ1) is 15.8. The van der Waals surface area contributed by atoms with Crippen LogP contribution >= 0.6 is 0 Å². The SMILES string of the molecule is CC1=C[C@@H]2C(=CC[C@@]3(C)[C@H]2CC[C@]3(O)C#N)[C@@]2(C)CCC(=O)C=C12. The number of aliphatic hydroxyl groups is 1. The molecule has 0 aromatic rings. The summed E-state index contributed by atoms with van der Waals surface area (Å²) >= 11 is 0. The van der Waals surface area contributed by atoms with E-state index >= 15 is 0 Å². The first-order valence-electron chi connectivity index (χ1n) is 9.03. The number of carbonyl (C=O) groups excluding carboxylic acids is 1. The molecule has 5 atom stereocenters. The summed E-state index contributed by atoms with van der Waals surface area (Å²) < 4.78 is 0. The topological polar surface area (TPSA) is 61.1 Å². The maximum atomic E-state index is 11.9. The van der Waals surface area contributed by atoms with E-state index in [2.05, 4.69) is 39.0 Å². The van der Waals surface area contributed by atoms with E-state index in [0.29, 0.717) is 18.8 Å². The fraction of sp³-hybridized carbons (Fsp3) is 0.619. The Hall–Kier alpha value is -1.66. The Morgan fingerprint density at radius 3 is 2.79 bits per heavy atom. The molecule has 0 saturated heterocycles. The van der Waals surface area contributed by atoms with Crippen LogP contribution in [0.25, 0.3) is 0 Å². The average molecular weight is 323 g/mol. The lowest BCUT2D eigenvalue weighted by molar-refractivity contribution is -0.115. The molecule has 3 heteroatoms. The molecule has 3 nitrogen and oxygen atoms in total. The van der Waals surface area contributed by atoms with Gasteiger partial charge in [-0.1, -0.05) is 37.1 Å². The number of hydrogen-bond acceptors (Lipinski definition) is 3. The van der Waals surface area contributed by atoms with Gasteiger partial charge in [0.15, 0.2) is 11.4 Å². The molecule has 24 heavy (non-hydrogen) atoms. The van der Waals surface area contributed by atoms with Crippen molar-refractivity contribution in [2.45, 2.75) is 58.5 Å². The Bertz CT molecular complexity index is 767. The summed E-state index contributed by atoms with van der Waals surface area (Å²) in [6, 6.07) is 2.21. The smallest absolute Gasteiger partial charge is 0.156 e. The minimum Gasteiger partial charge on any atom is -0.375 e. The van der Waals surface area contributed by atoms with Crippen LogP contribution in [0.2, 0.25) is 0 Å². The van der Waals surface area contributed by atoms with Crippen molar-refractivity contribution in [3.8, 4) is 6.07 Å². The van der Waals surface area contributed by atoms with E-state index in [1.54, 1.807) is 0 Å². The van der Waals surface area contributed by atoms with Crippen molar-refractivity contribution in [1.29, 1.82) is 5.26 Å². The lowest BCUT2D eigenvalue weighted by Crippen LogP contribution is -2.49. The summed E-state index contributed by atoms with van der Waals surface area (Å²) in [4.78, 5) is 11.9. The van der Waals surface area contributed by atoms with Crippen LogP contribution < -0.4 is 0 Å². The van der Waals surface area contributed by atoms with Gasteiger partial charge in [-0.25, -0.2) is 0 Å². The number of fused-ring (bicyclic) bond motifs is 5. The molecular formula is C21H25NO2. The van der Waals surface area contributed by atoms with Gasteiger partial charge >= 0.3 is 0 Å². The van der Waals surface area contributed by atoms with Crippen molar-refractivity contribution in [2.75, 3.05) is 0 Å². The number of allylic oxidation sites excluding steroid dienone is 6. The zero-order valence-corrected chi connectivity index (χ0v) is 14.7. The summed E-state index contributed by atoms with van der Waals surface area (Å²) in [5.74, 6) is 0.809. The van der Waals surface area contributed by atoms with E-state index in [0.717, 1.165) is 19.3 Å². The second kappa shape index (κ2) is 4.70. The molecule has 0 aromatic heterocycles. The van der Waals surface area contributed by atoms with Crippen molar-refractivity contribution in [3.05, 3.63) is 34.9 Å². The second-order valence-corrected chi connectivity index (χ2v) is 8.63. The molecule has 0 aromatic carbocycles. The number of nitrogens with zero attached hydrogens (tertiary/aromatic N) is 1. The molecule has 1 N–H and O–H groups in total. The highest BCUT2D eigenvalue weighted by Crippen LogP contribution is 2.64. The standard InChI is InChI=1S/C21H25NO2/c1-13-10-15-16(19(2)7-4-14(23)11-18(13)19)5-8-20(3)17(15)6-9-21(20,24)12-22/h5,10-11,15,17,24H,4,6-9H2,1-3H3/t15-,17+,19-,20+,21+/m1/s1. The van der Waals surface area contributed by atoms with Gasteiger partial charge in [-0.3, -0.25) is 4.79 Å². The fourth-order valence-electron chi connectivity index (χ4n) is 5.94. The molecule has 0 amide bonds. The van der Waals surface area contributed by atoms with Crippen LogP contribution in [0.1, 0.15) is 52.9 Å². The van der Waals surface area contributed by atoms with Gasteiger partial charge in [0.1, 0.15) is 0 Å². The third-order valence-corrected chi connectivity index (χ3v) is 7.57. The molecule has 0 spiro atoms. The number of rotatable bonds is 0. The van der Waals surface area contributed by atoms with E-state index < -0.39 is 5.60 Å². The summed E-state index contributed by atoms with van der Waals surface area (Å²) in [5, 5.41) is 20.4. The fourth-order valence-corrected chi connectivity index (χ4v) is 5.94. The highest BCUT2D eigenvalue weighted by atomic mass is 16.3. The van der Waals surface area contributed by atoms with Crippen LogP contribution in [0, 0.1) is 34.0 Å². The van der Waals surface area contributed by atoms with Crippen molar-refractivity contribution in [2.24, 2.45) is 22.7 Å². The number of hydrogen-bond donors (Lipinski definition) is 1. The van der Waals surface area contributed by atoms with E-state index in [4.69, 9.17) is 0 Å². The zero-order valence-electron chi connectivity index (χ0n) is 14.7. The van der Waals surface area contributed by atoms with Gasteiger partial charge < -0.3 is 5.11 Å². The molecule has 4 aliphatic carbocycles. The lowest BCUT2D eigenvalue weighted by atomic mass is 9.51. The molecule has 4 aliphatic rings. The van der Waals surface area contributed by atoms with Crippen LogP contribution in [-0.2, 0) is 4.79 Å². The van der Waals surface area contributed by atoms with Gasteiger partial charge in [0.05, 0.1) is 6.07 Å². The normalized spacial score (nSPS) is 46.8. The highest BCUT2D eigenvalue weighted by Gasteiger charge is 2.62. The van der Waals surface area contributed by atoms with Crippen molar-refractivity contribution >= 4 is 5.78 Å². The van der Waals surface area contributed by atoms with Crippen molar-refractivity contribution in [1.82, 2.24) is 0 Å². The van der Waals surface area contributed by atoms with Gasteiger partial charge in [0.2, 0.25) is 0 Å². The molecule has 0 radical (unpaired) electrons. The minimum atomic E-state index is -1.22. The first-order chi connectivity index (χ1) is 11.2. The third-order valence-electron chi connectivity index (χ3n) is 7.57. The quantitative estimate of drug-likeness (QED) is 0.544. The van der Waals surface area contributed by atoms with Crippen LogP contribution in [-0.4, -0.2) is 16.5 Å². The Balaban J connectivity index is 1.86. The maximum Gasteiger partial charge on any atom is 0.156 e. The summed E-state index contributed by atoms with van der Waals surface area (Å²) in [6.07, 6.45) is 10.1. The van der Waals surface area contributed by atoms with E-state index in [1.807, 2.05) is 6.08 Å². The molecule has 1 saturated carbocycles. The van der Waals surface area contributed by atoms with Gasteiger partial charge in [0, 0.05) is 23.2 Å². The Labute approximate surface area is 143 Å². The van der Waals surface area contributed by atoms with E-state index in [-0.39, 0.29) is 22.5 Å². The summed E-state index contributed by atoms with van der Waals surface area (Å²) in [6.45, 7) is 6.47. The molecule has 0 bridgehead atoms. The maximum absolute atomic E-state index is 11.9. The largest absolute Gasteiger partial charge is 0.375 e. The number of nitriles is 1. The predicted octanol–water partition coefficient (Wildman–Crippen LogP) is 3.86. The molecule has 0 heterocycles. The average Bonchev–Trinajstić information content (AvgIpc) is 2.82. The van der Waals surface area contributed by atoms with Crippen molar-refractivity contribution < 1.29 is 9.90 Å². The van der Waals surface area contributed by atoms with Gasteiger partial charge in [-0.2, -0.15) is 5.26 Å². The Morgan fingerprint density at radius 2 is 2.08 bits per heavy atom. The minimum absolute atomic E-state index is 0.0634. The molecule has 0 aliphatic heterocycles.